The minimum atomic E-state index is 0.581. The van der Waals surface area contributed by atoms with Crippen molar-refractivity contribution in [2.45, 2.75) is 33.6 Å². The Hall–Kier alpha value is -1.63. The SMILES string of the molecule is Cc1cc(C(C)C)ccc1-c1cnccc1C. The minimum Gasteiger partial charge on any atom is -0.264 e. The van der Waals surface area contributed by atoms with Crippen molar-refractivity contribution in [2.75, 3.05) is 0 Å². The first-order valence-electron chi connectivity index (χ1n) is 6.11. The lowest BCUT2D eigenvalue weighted by atomic mass is 9.93. The van der Waals surface area contributed by atoms with Gasteiger partial charge in [-0.05, 0) is 48.1 Å². The fourth-order valence-corrected chi connectivity index (χ4v) is 2.09. The third-order valence-corrected chi connectivity index (χ3v) is 3.25. The van der Waals surface area contributed by atoms with Gasteiger partial charge in [0.25, 0.3) is 0 Å². The molecule has 1 aromatic heterocycles. The lowest BCUT2D eigenvalue weighted by Crippen LogP contribution is -1.92. The third-order valence-electron chi connectivity index (χ3n) is 3.25. The van der Waals surface area contributed by atoms with Gasteiger partial charge in [0.1, 0.15) is 0 Å². The lowest BCUT2D eigenvalue weighted by Gasteiger charge is -2.12. The normalized spacial score (nSPS) is 10.9. The van der Waals surface area contributed by atoms with E-state index in [2.05, 4.69) is 56.9 Å². The number of benzene rings is 1. The van der Waals surface area contributed by atoms with Crippen LogP contribution in [0.25, 0.3) is 11.1 Å². The Balaban J connectivity index is 2.51. The zero-order valence-corrected chi connectivity index (χ0v) is 11.0. The van der Waals surface area contributed by atoms with Crippen LogP contribution in [0.1, 0.15) is 36.5 Å². The predicted octanol–water partition coefficient (Wildman–Crippen LogP) is 4.49. The number of nitrogens with zero attached hydrogens (tertiary/aromatic N) is 1. The largest absolute Gasteiger partial charge is 0.264 e. The van der Waals surface area contributed by atoms with Crippen molar-refractivity contribution in [1.29, 1.82) is 0 Å². The average Bonchev–Trinajstić information content (AvgIpc) is 2.30. The van der Waals surface area contributed by atoms with Gasteiger partial charge in [0.15, 0.2) is 0 Å². The average molecular weight is 225 g/mol. The molecular weight excluding hydrogens is 206 g/mol. The number of hydrogen-bond acceptors (Lipinski definition) is 1. The van der Waals surface area contributed by atoms with E-state index in [-0.39, 0.29) is 0 Å². The van der Waals surface area contributed by atoms with Gasteiger partial charge in [0, 0.05) is 18.0 Å². The smallest absolute Gasteiger partial charge is 0.0349 e. The Morgan fingerprint density at radius 3 is 2.29 bits per heavy atom. The monoisotopic (exact) mass is 225 g/mol. The highest BCUT2D eigenvalue weighted by Gasteiger charge is 2.07. The summed E-state index contributed by atoms with van der Waals surface area (Å²) in [5.74, 6) is 0.581. The fraction of sp³-hybridized carbons (Fsp3) is 0.312. The molecule has 2 rings (SSSR count). The first-order chi connectivity index (χ1) is 8.09. The van der Waals surface area contributed by atoms with Crippen molar-refractivity contribution >= 4 is 0 Å². The number of pyridine rings is 1. The molecular formula is C16H19N. The van der Waals surface area contributed by atoms with Crippen molar-refractivity contribution in [1.82, 2.24) is 4.98 Å². The summed E-state index contributed by atoms with van der Waals surface area (Å²) in [6, 6.07) is 8.78. The van der Waals surface area contributed by atoms with Gasteiger partial charge in [-0.25, -0.2) is 0 Å². The van der Waals surface area contributed by atoms with Gasteiger partial charge >= 0.3 is 0 Å². The third kappa shape index (κ3) is 2.38. The van der Waals surface area contributed by atoms with Crippen molar-refractivity contribution in [2.24, 2.45) is 0 Å². The Kier molecular flexibility index (Phi) is 3.28. The number of aryl methyl sites for hydroxylation is 2. The van der Waals surface area contributed by atoms with E-state index >= 15 is 0 Å². The predicted molar refractivity (Wildman–Crippen MR) is 73.2 cm³/mol. The molecule has 17 heavy (non-hydrogen) atoms. The molecule has 1 nitrogen and oxygen atoms in total. The van der Waals surface area contributed by atoms with Crippen LogP contribution >= 0.6 is 0 Å². The first kappa shape index (κ1) is 11.8. The summed E-state index contributed by atoms with van der Waals surface area (Å²) in [4.78, 5) is 4.22. The molecule has 0 aliphatic carbocycles. The second-order valence-electron chi connectivity index (χ2n) is 4.92. The van der Waals surface area contributed by atoms with Crippen LogP contribution in [-0.4, -0.2) is 4.98 Å². The van der Waals surface area contributed by atoms with Crippen LogP contribution in [0.4, 0.5) is 0 Å². The fourth-order valence-electron chi connectivity index (χ4n) is 2.09. The van der Waals surface area contributed by atoms with Gasteiger partial charge in [-0.2, -0.15) is 0 Å². The molecule has 0 saturated carbocycles. The highest BCUT2D eigenvalue weighted by molar-refractivity contribution is 5.69. The van der Waals surface area contributed by atoms with Gasteiger partial charge in [-0.1, -0.05) is 32.0 Å². The molecule has 0 aliphatic rings. The molecule has 0 amide bonds. The molecule has 0 N–H and O–H groups in total. The summed E-state index contributed by atoms with van der Waals surface area (Å²) in [6.07, 6.45) is 3.80. The molecule has 0 saturated heterocycles. The van der Waals surface area contributed by atoms with E-state index in [1.807, 2.05) is 12.4 Å². The van der Waals surface area contributed by atoms with E-state index < -0.39 is 0 Å². The number of hydrogen-bond donors (Lipinski definition) is 0. The van der Waals surface area contributed by atoms with Crippen LogP contribution in [0.15, 0.2) is 36.7 Å². The van der Waals surface area contributed by atoms with Crippen LogP contribution in [0.2, 0.25) is 0 Å². The summed E-state index contributed by atoms with van der Waals surface area (Å²) >= 11 is 0. The molecule has 0 bridgehead atoms. The number of aromatic nitrogens is 1. The van der Waals surface area contributed by atoms with Gasteiger partial charge in [-0.3, -0.25) is 4.98 Å². The van der Waals surface area contributed by atoms with Gasteiger partial charge in [-0.15, -0.1) is 0 Å². The molecule has 1 aromatic carbocycles. The second-order valence-corrected chi connectivity index (χ2v) is 4.92. The van der Waals surface area contributed by atoms with E-state index in [1.165, 1.54) is 27.8 Å². The summed E-state index contributed by atoms with van der Waals surface area (Å²) in [7, 11) is 0. The van der Waals surface area contributed by atoms with Gasteiger partial charge in [0.05, 0.1) is 0 Å². The maximum absolute atomic E-state index is 4.22. The first-order valence-corrected chi connectivity index (χ1v) is 6.11. The highest BCUT2D eigenvalue weighted by Crippen LogP contribution is 2.28. The minimum absolute atomic E-state index is 0.581. The van der Waals surface area contributed by atoms with E-state index in [1.54, 1.807) is 0 Å². The molecule has 0 spiro atoms. The lowest BCUT2D eigenvalue weighted by molar-refractivity contribution is 0.865. The Labute approximate surface area is 104 Å². The molecule has 88 valence electrons. The zero-order chi connectivity index (χ0) is 12.4. The molecule has 0 aliphatic heterocycles. The van der Waals surface area contributed by atoms with Crippen molar-refractivity contribution < 1.29 is 0 Å². The van der Waals surface area contributed by atoms with Crippen LogP contribution in [-0.2, 0) is 0 Å². The summed E-state index contributed by atoms with van der Waals surface area (Å²) < 4.78 is 0. The van der Waals surface area contributed by atoms with Crippen molar-refractivity contribution in [3.8, 4) is 11.1 Å². The zero-order valence-electron chi connectivity index (χ0n) is 11.0. The second kappa shape index (κ2) is 4.70. The molecule has 0 unspecified atom stereocenters. The van der Waals surface area contributed by atoms with Crippen LogP contribution in [0, 0.1) is 13.8 Å². The molecule has 0 fully saturated rings. The van der Waals surface area contributed by atoms with Crippen LogP contribution < -0.4 is 0 Å². The summed E-state index contributed by atoms with van der Waals surface area (Å²) in [6.45, 7) is 8.76. The maximum atomic E-state index is 4.22. The summed E-state index contributed by atoms with van der Waals surface area (Å²) in [5, 5.41) is 0. The summed E-state index contributed by atoms with van der Waals surface area (Å²) in [5.41, 5.74) is 6.53. The van der Waals surface area contributed by atoms with Crippen LogP contribution in [0.5, 0.6) is 0 Å². The number of rotatable bonds is 2. The van der Waals surface area contributed by atoms with Gasteiger partial charge < -0.3 is 0 Å². The topological polar surface area (TPSA) is 12.9 Å². The van der Waals surface area contributed by atoms with Crippen molar-refractivity contribution in [3.05, 3.63) is 53.3 Å². The van der Waals surface area contributed by atoms with E-state index in [0.717, 1.165) is 0 Å². The van der Waals surface area contributed by atoms with Crippen molar-refractivity contribution in [3.63, 3.8) is 0 Å². The highest BCUT2D eigenvalue weighted by atomic mass is 14.6. The maximum Gasteiger partial charge on any atom is 0.0349 e. The molecule has 2 aromatic rings. The van der Waals surface area contributed by atoms with Gasteiger partial charge in [0.2, 0.25) is 0 Å². The van der Waals surface area contributed by atoms with E-state index in [4.69, 9.17) is 0 Å². The van der Waals surface area contributed by atoms with Crippen LogP contribution in [0.3, 0.4) is 0 Å². The Morgan fingerprint density at radius 2 is 1.71 bits per heavy atom. The van der Waals surface area contributed by atoms with E-state index in [0.29, 0.717) is 5.92 Å². The molecule has 0 atom stereocenters. The molecule has 1 heteroatoms. The standard InChI is InChI=1S/C16H19N/c1-11(2)14-5-6-15(13(4)9-14)16-10-17-8-7-12(16)3/h5-11H,1-4H3. The molecule has 0 radical (unpaired) electrons. The Morgan fingerprint density at radius 1 is 0.941 bits per heavy atom. The molecule has 1 heterocycles. The Bertz CT molecular complexity index is 527. The van der Waals surface area contributed by atoms with E-state index in [9.17, 15) is 0 Å². The quantitative estimate of drug-likeness (QED) is 0.734.